The Morgan fingerprint density at radius 1 is 1.44 bits per heavy atom. The smallest absolute Gasteiger partial charge is 0.234 e. The number of nitrogens with one attached hydrogen (secondary N) is 1. The van der Waals surface area contributed by atoms with Crippen LogP contribution in [0.5, 0.6) is 0 Å². The van der Waals surface area contributed by atoms with Gasteiger partial charge in [-0.25, -0.2) is 0 Å². The second-order valence-electron chi connectivity index (χ2n) is 4.99. The molecular weight excluding hydrogens is 202 g/mol. The molecule has 0 aromatic heterocycles. The number of rotatable bonds is 4. The van der Waals surface area contributed by atoms with Crippen LogP contribution in [0.25, 0.3) is 0 Å². The topological polar surface area (TPSA) is 58.4 Å². The molecule has 1 amide bonds. The summed E-state index contributed by atoms with van der Waals surface area (Å²) in [5, 5.41) is 3.05. The minimum absolute atomic E-state index is 0.0333. The third-order valence-corrected chi connectivity index (χ3v) is 3.60. The van der Waals surface area contributed by atoms with E-state index in [1.54, 1.807) is 0 Å². The molecule has 2 atom stereocenters. The van der Waals surface area contributed by atoms with Crippen molar-refractivity contribution in [3.8, 4) is 0 Å². The van der Waals surface area contributed by atoms with Gasteiger partial charge in [0.1, 0.15) is 0 Å². The van der Waals surface area contributed by atoms with Gasteiger partial charge in [-0.1, -0.05) is 12.8 Å². The Bertz CT molecular complexity index is 230. The molecule has 0 aromatic rings. The van der Waals surface area contributed by atoms with Crippen molar-refractivity contribution < 1.29 is 4.79 Å². The number of amides is 1. The summed E-state index contributed by atoms with van der Waals surface area (Å²) in [6.07, 6.45) is 4.71. The average molecular weight is 227 g/mol. The van der Waals surface area contributed by atoms with Crippen LogP contribution in [0.3, 0.4) is 0 Å². The molecule has 0 heterocycles. The SMILES string of the molecule is CC(C)N(C)[C@@H]1CCCC[C@H]1NC(=O)CN. The van der Waals surface area contributed by atoms with Crippen LogP contribution < -0.4 is 11.1 Å². The molecule has 3 N–H and O–H groups in total. The van der Waals surface area contributed by atoms with Gasteiger partial charge in [0.25, 0.3) is 0 Å². The average Bonchev–Trinajstić information content (AvgIpc) is 2.28. The molecule has 0 radical (unpaired) electrons. The van der Waals surface area contributed by atoms with Gasteiger partial charge in [-0.15, -0.1) is 0 Å². The van der Waals surface area contributed by atoms with Crippen molar-refractivity contribution in [3.63, 3.8) is 0 Å². The zero-order valence-electron chi connectivity index (χ0n) is 10.7. The molecule has 0 spiro atoms. The first-order chi connectivity index (χ1) is 7.56. The fraction of sp³-hybridized carbons (Fsp3) is 0.917. The largest absolute Gasteiger partial charge is 0.351 e. The van der Waals surface area contributed by atoms with E-state index < -0.39 is 0 Å². The summed E-state index contributed by atoms with van der Waals surface area (Å²) in [5.41, 5.74) is 5.34. The third-order valence-electron chi connectivity index (χ3n) is 3.60. The molecule has 1 aliphatic carbocycles. The Balaban J connectivity index is 2.59. The van der Waals surface area contributed by atoms with E-state index in [1.165, 1.54) is 19.3 Å². The van der Waals surface area contributed by atoms with Crippen LogP contribution in [-0.2, 0) is 4.79 Å². The molecule has 1 fully saturated rings. The van der Waals surface area contributed by atoms with Crippen LogP contribution in [-0.4, -0.2) is 42.5 Å². The van der Waals surface area contributed by atoms with Gasteiger partial charge in [-0.3, -0.25) is 9.69 Å². The Morgan fingerprint density at radius 2 is 2.06 bits per heavy atom. The number of likely N-dealkylation sites (N-methyl/N-ethyl adjacent to an activating group) is 1. The van der Waals surface area contributed by atoms with Gasteiger partial charge < -0.3 is 11.1 Å². The predicted octanol–water partition coefficient (Wildman–Crippen LogP) is 0.713. The second-order valence-corrected chi connectivity index (χ2v) is 4.99. The van der Waals surface area contributed by atoms with Crippen molar-refractivity contribution >= 4 is 5.91 Å². The Kier molecular flexibility index (Phi) is 5.22. The number of carbonyl (C=O) groups excluding carboxylic acids is 1. The van der Waals surface area contributed by atoms with Gasteiger partial charge in [-0.2, -0.15) is 0 Å². The van der Waals surface area contributed by atoms with Crippen LogP contribution in [0.15, 0.2) is 0 Å². The van der Waals surface area contributed by atoms with E-state index in [9.17, 15) is 4.79 Å². The minimum Gasteiger partial charge on any atom is -0.351 e. The van der Waals surface area contributed by atoms with Crippen LogP contribution in [0.4, 0.5) is 0 Å². The molecule has 0 saturated heterocycles. The zero-order chi connectivity index (χ0) is 12.1. The first-order valence-electron chi connectivity index (χ1n) is 6.27. The monoisotopic (exact) mass is 227 g/mol. The Labute approximate surface area is 98.6 Å². The fourth-order valence-electron chi connectivity index (χ4n) is 2.42. The lowest BCUT2D eigenvalue weighted by molar-refractivity contribution is -0.121. The van der Waals surface area contributed by atoms with E-state index in [2.05, 4.69) is 31.1 Å². The third kappa shape index (κ3) is 3.46. The lowest BCUT2D eigenvalue weighted by atomic mass is 9.88. The van der Waals surface area contributed by atoms with Crippen molar-refractivity contribution in [2.75, 3.05) is 13.6 Å². The maximum atomic E-state index is 11.4. The molecule has 0 unspecified atom stereocenters. The maximum absolute atomic E-state index is 11.4. The predicted molar refractivity (Wildman–Crippen MR) is 66.1 cm³/mol. The highest BCUT2D eigenvalue weighted by Gasteiger charge is 2.30. The van der Waals surface area contributed by atoms with Gasteiger partial charge in [0.05, 0.1) is 6.54 Å². The van der Waals surface area contributed by atoms with Gasteiger partial charge >= 0.3 is 0 Å². The molecule has 1 saturated carbocycles. The summed E-state index contributed by atoms with van der Waals surface area (Å²) in [6, 6.07) is 1.25. The van der Waals surface area contributed by atoms with Crippen molar-refractivity contribution in [1.29, 1.82) is 0 Å². The molecule has 0 aromatic carbocycles. The van der Waals surface area contributed by atoms with Crippen molar-refractivity contribution in [1.82, 2.24) is 10.2 Å². The highest BCUT2D eigenvalue weighted by molar-refractivity contribution is 5.78. The van der Waals surface area contributed by atoms with E-state index in [1.807, 2.05) is 0 Å². The lowest BCUT2D eigenvalue weighted by Crippen LogP contribution is -2.54. The highest BCUT2D eigenvalue weighted by atomic mass is 16.1. The number of hydrogen-bond donors (Lipinski definition) is 2. The van der Waals surface area contributed by atoms with Gasteiger partial charge in [0.15, 0.2) is 0 Å². The Hall–Kier alpha value is -0.610. The molecule has 0 bridgehead atoms. The molecule has 1 rings (SSSR count). The molecule has 16 heavy (non-hydrogen) atoms. The number of nitrogens with zero attached hydrogens (tertiary/aromatic N) is 1. The van der Waals surface area contributed by atoms with E-state index in [4.69, 9.17) is 5.73 Å². The van der Waals surface area contributed by atoms with Gasteiger partial charge in [0.2, 0.25) is 5.91 Å². The molecule has 4 heteroatoms. The summed E-state index contributed by atoms with van der Waals surface area (Å²) in [5.74, 6) is -0.0333. The zero-order valence-corrected chi connectivity index (χ0v) is 10.7. The standard InChI is InChI=1S/C12H25N3O/c1-9(2)15(3)11-7-5-4-6-10(11)14-12(16)8-13/h9-11H,4-8,13H2,1-3H3,(H,14,16)/t10-,11-/m1/s1. The first kappa shape index (κ1) is 13.5. The lowest BCUT2D eigenvalue weighted by Gasteiger charge is -2.40. The van der Waals surface area contributed by atoms with Crippen molar-refractivity contribution in [2.45, 2.75) is 57.7 Å². The van der Waals surface area contributed by atoms with E-state index in [0.717, 1.165) is 6.42 Å². The number of nitrogens with two attached hydrogens (primary N) is 1. The molecule has 94 valence electrons. The molecule has 1 aliphatic rings. The van der Waals surface area contributed by atoms with E-state index in [-0.39, 0.29) is 18.5 Å². The minimum atomic E-state index is -0.0333. The molecule has 0 aliphatic heterocycles. The number of carbonyl (C=O) groups is 1. The summed E-state index contributed by atoms with van der Waals surface area (Å²) < 4.78 is 0. The van der Waals surface area contributed by atoms with Crippen LogP contribution in [0.2, 0.25) is 0 Å². The fourth-order valence-corrected chi connectivity index (χ4v) is 2.42. The van der Waals surface area contributed by atoms with Crippen LogP contribution >= 0.6 is 0 Å². The maximum Gasteiger partial charge on any atom is 0.234 e. The van der Waals surface area contributed by atoms with E-state index >= 15 is 0 Å². The summed E-state index contributed by atoms with van der Waals surface area (Å²) in [7, 11) is 2.14. The second kappa shape index (κ2) is 6.21. The van der Waals surface area contributed by atoms with Crippen molar-refractivity contribution in [2.24, 2.45) is 5.73 Å². The first-order valence-corrected chi connectivity index (χ1v) is 6.27. The van der Waals surface area contributed by atoms with Crippen LogP contribution in [0, 0.1) is 0 Å². The van der Waals surface area contributed by atoms with E-state index in [0.29, 0.717) is 12.1 Å². The summed E-state index contributed by atoms with van der Waals surface area (Å²) >= 11 is 0. The van der Waals surface area contributed by atoms with Crippen LogP contribution in [0.1, 0.15) is 39.5 Å². The van der Waals surface area contributed by atoms with Gasteiger partial charge in [-0.05, 0) is 33.7 Å². The summed E-state index contributed by atoms with van der Waals surface area (Å²) in [4.78, 5) is 13.7. The normalized spacial score (nSPS) is 26.1. The quantitative estimate of drug-likeness (QED) is 0.744. The van der Waals surface area contributed by atoms with Crippen molar-refractivity contribution in [3.05, 3.63) is 0 Å². The van der Waals surface area contributed by atoms with Gasteiger partial charge in [0, 0.05) is 18.1 Å². The highest BCUT2D eigenvalue weighted by Crippen LogP contribution is 2.23. The molecule has 4 nitrogen and oxygen atoms in total. The number of hydrogen-bond acceptors (Lipinski definition) is 3. The summed E-state index contributed by atoms with van der Waals surface area (Å²) in [6.45, 7) is 4.47. The Morgan fingerprint density at radius 3 is 2.62 bits per heavy atom. The molecular formula is C12H25N3O.